The van der Waals surface area contributed by atoms with Crippen molar-refractivity contribution < 1.29 is 14.7 Å². The van der Waals surface area contributed by atoms with E-state index in [2.05, 4.69) is 5.32 Å². The standard InChI is InChI=1S/C7H8N3O3S/c8-3-10-6(13)4(1-5(11)12)2-9-7(10)14/h2H,1,3,8H2,(H,11,12). The van der Waals surface area contributed by atoms with Crippen molar-refractivity contribution in [3.63, 3.8) is 0 Å². The zero-order valence-corrected chi connectivity index (χ0v) is 7.95. The summed E-state index contributed by atoms with van der Waals surface area (Å²) in [5, 5.41) is 12.3. The normalized spacial score (nSPS) is 16.4. The minimum Gasteiger partial charge on any atom is -0.481 e. The highest BCUT2D eigenvalue weighted by molar-refractivity contribution is 7.80. The molecule has 0 unspecified atom stereocenters. The molecule has 75 valence electrons. The van der Waals surface area contributed by atoms with Crippen LogP contribution in [0.2, 0.25) is 0 Å². The maximum atomic E-state index is 11.5. The Hall–Kier alpha value is -1.47. The fraction of sp³-hybridized carbons (Fsp3) is 0.286. The van der Waals surface area contributed by atoms with Crippen molar-refractivity contribution in [1.82, 2.24) is 10.2 Å². The molecule has 6 nitrogen and oxygen atoms in total. The lowest BCUT2D eigenvalue weighted by molar-refractivity contribution is -0.137. The van der Waals surface area contributed by atoms with Crippen LogP contribution in [0.1, 0.15) is 6.42 Å². The summed E-state index contributed by atoms with van der Waals surface area (Å²) in [6, 6.07) is 0. The predicted molar refractivity (Wildman–Crippen MR) is 51.0 cm³/mol. The number of nitrogens with zero attached hydrogens (tertiary/aromatic N) is 2. The highest BCUT2D eigenvalue weighted by atomic mass is 32.1. The molecule has 1 rings (SSSR count). The molecule has 3 N–H and O–H groups in total. The fourth-order valence-corrected chi connectivity index (χ4v) is 1.17. The number of aliphatic carboxylic acids is 1. The number of carboxylic acids is 1. The fourth-order valence-electron chi connectivity index (χ4n) is 0.963. The van der Waals surface area contributed by atoms with Crippen LogP contribution in [-0.4, -0.2) is 33.7 Å². The highest BCUT2D eigenvalue weighted by Gasteiger charge is 2.26. The summed E-state index contributed by atoms with van der Waals surface area (Å²) >= 11 is 4.74. The Morgan fingerprint density at radius 1 is 1.71 bits per heavy atom. The van der Waals surface area contributed by atoms with E-state index in [0.717, 1.165) is 4.90 Å². The van der Waals surface area contributed by atoms with Crippen LogP contribution in [0.4, 0.5) is 0 Å². The number of carbonyl (C=O) groups is 2. The quantitative estimate of drug-likeness (QED) is 0.587. The molecular weight excluding hydrogens is 206 g/mol. The van der Waals surface area contributed by atoms with Crippen LogP contribution in [0.5, 0.6) is 0 Å². The van der Waals surface area contributed by atoms with Crippen LogP contribution in [0.25, 0.3) is 0 Å². The largest absolute Gasteiger partial charge is 0.481 e. The molecule has 0 saturated carbocycles. The molecule has 0 aromatic rings. The molecule has 14 heavy (non-hydrogen) atoms. The smallest absolute Gasteiger partial charge is 0.308 e. The van der Waals surface area contributed by atoms with Gasteiger partial charge in [-0.15, -0.1) is 0 Å². The van der Waals surface area contributed by atoms with Crippen molar-refractivity contribution >= 4 is 29.2 Å². The van der Waals surface area contributed by atoms with Gasteiger partial charge in [0.2, 0.25) is 5.11 Å². The number of rotatable bonds is 3. The molecule has 0 aliphatic carbocycles. The van der Waals surface area contributed by atoms with Gasteiger partial charge in [-0.25, -0.2) is 5.32 Å². The molecular formula is C7H8N3O3S. The van der Waals surface area contributed by atoms with Gasteiger partial charge in [-0.1, -0.05) is 0 Å². The van der Waals surface area contributed by atoms with Gasteiger partial charge in [0.1, 0.15) is 0 Å². The molecule has 0 saturated heterocycles. The lowest BCUT2D eigenvalue weighted by atomic mass is 10.1. The van der Waals surface area contributed by atoms with E-state index in [4.69, 9.17) is 23.1 Å². The van der Waals surface area contributed by atoms with Crippen LogP contribution >= 0.6 is 12.2 Å². The topological polar surface area (TPSA) is 97.7 Å². The van der Waals surface area contributed by atoms with Crippen molar-refractivity contribution in [2.75, 3.05) is 6.67 Å². The first kappa shape index (κ1) is 10.6. The van der Waals surface area contributed by atoms with Crippen molar-refractivity contribution in [2.24, 2.45) is 5.73 Å². The van der Waals surface area contributed by atoms with E-state index in [1.807, 2.05) is 0 Å². The van der Waals surface area contributed by atoms with E-state index >= 15 is 0 Å². The second kappa shape index (κ2) is 4.16. The summed E-state index contributed by atoms with van der Waals surface area (Å²) in [6.07, 6.45) is 0.798. The Labute approximate surface area is 85.4 Å². The van der Waals surface area contributed by atoms with Crippen LogP contribution in [-0.2, 0) is 9.59 Å². The average Bonchev–Trinajstić information content (AvgIpc) is 2.10. The van der Waals surface area contributed by atoms with Crippen molar-refractivity contribution in [3.8, 4) is 0 Å². The summed E-state index contributed by atoms with van der Waals surface area (Å²) < 4.78 is 0. The highest BCUT2D eigenvalue weighted by Crippen LogP contribution is 2.11. The first-order valence-corrected chi connectivity index (χ1v) is 4.14. The van der Waals surface area contributed by atoms with Gasteiger partial charge in [-0.3, -0.25) is 14.5 Å². The van der Waals surface area contributed by atoms with Gasteiger partial charge in [0.15, 0.2) is 0 Å². The van der Waals surface area contributed by atoms with Gasteiger partial charge in [0.05, 0.1) is 13.1 Å². The van der Waals surface area contributed by atoms with E-state index < -0.39 is 11.9 Å². The van der Waals surface area contributed by atoms with Crippen LogP contribution in [0.15, 0.2) is 11.8 Å². The van der Waals surface area contributed by atoms with E-state index in [0.29, 0.717) is 0 Å². The predicted octanol–water partition coefficient (Wildman–Crippen LogP) is -1.01. The molecule has 1 amide bonds. The second-order valence-electron chi connectivity index (χ2n) is 2.55. The summed E-state index contributed by atoms with van der Waals surface area (Å²) in [7, 11) is 0. The Kier molecular flexibility index (Phi) is 3.15. The molecule has 0 aromatic carbocycles. The number of carboxylic acid groups (broad SMARTS) is 1. The van der Waals surface area contributed by atoms with Gasteiger partial charge in [-0.2, -0.15) is 0 Å². The molecule has 7 heteroatoms. The number of thiocarbonyl (C=S) groups is 1. The van der Waals surface area contributed by atoms with Crippen molar-refractivity contribution in [3.05, 3.63) is 11.8 Å². The molecule has 0 aromatic heterocycles. The minimum atomic E-state index is -1.09. The molecule has 0 spiro atoms. The molecule has 1 aliphatic rings. The first-order valence-electron chi connectivity index (χ1n) is 3.74. The maximum Gasteiger partial charge on any atom is 0.308 e. The Bertz CT molecular complexity index is 326. The monoisotopic (exact) mass is 214 g/mol. The molecule has 1 radical (unpaired) electrons. The Morgan fingerprint density at radius 3 is 2.86 bits per heavy atom. The lowest BCUT2D eigenvalue weighted by Gasteiger charge is -2.24. The SMILES string of the molecule is NCN1C(=O)C(CC(=O)O)=C[N]C1=S. The maximum absolute atomic E-state index is 11.5. The lowest BCUT2D eigenvalue weighted by Crippen LogP contribution is -2.47. The van der Waals surface area contributed by atoms with Crippen LogP contribution in [0, 0.1) is 0 Å². The third-order valence-electron chi connectivity index (χ3n) is 1.61. The van der Waals surface area contributed by atoms with E-state index in [1.165, 1.54) is 6.20 Å². The van der Waals surface area contributed by atoms with Crippen molar-refractivity contribution in [1.29, 1.82) is 0 Å². The number of nitrogens with two attached hydrogens (primary N) is 1. The molecule has 1 aliphatic heterocycles. The van der Waals surface area contributed by atoms with E-state index in [9.17, 15) is 9.59 Å². The van der Waals surface area contributed by atoms with E-state index in [-0.39, 0.29) is 23.8 Å². The number of carbonyl (C=O) groups excluding carboxylic acids is 1. The minimum absolute atomic E-state index is 0.0617. The zero-order valence-electron chi connectivity index (χ0n) is 7.14. The number of hydrogen-bond donors (Lipinski definition) is 2. The van der Waals surface area contributed by atoms with Gasteiger partial charge in [-0.05, 0) is 12.2 Å². The average molecular weight is 214 g/mol. The summed E-state index contributed by atoms with van der Waals surface area (Å²) in [5.74, 6) is -1.58. The van der Waals surface area contributed by atoms with Crippen LogP contribution < -0.4 is 11.1 Å². The Balaban J connectivity index is 2.84. The molecule has 0 fully saturated rings. The number of hydrogen-bond acceptors (Lipinski definition) is 4. The third kappa shape index (κ3) is 2.06. The van der Waals surface area contributed by atoms with Gasteiger partial charge in [0.25, 0.3) is 5.91 Å². The molecule has 0 atom stereocenters. The molecule has 1 heterocycles. The van der Waals surface area contributed by atoms with Gasteiger partial charge >= 0.3 is 5.97 Å². The van der Waals surface area contributed by atoms with Gasteiger partial charge < -0.3 is 10.8 Å². The summed E-state index contributed by atoms with van der Waals surface area (Å²) in [5.41, 5.74) is 5.34. The molecule has 0 bridgehead atoms. The van der Waals surface area contributed by atoms with Gasteiger partial charge in [0, 0.05) is 11.8 Å². The number of amides is 1. The Morgan fingerprint density at radius 2 is 2.36 bits per heavy atom. The van der Waals surface area contributed by atoms with Crippen LogP contribution in [0.3, 0.4) is 0 Å². The first-order chi connectivity index (χ1) is 6.56. The third-order valence-corrected chi connectivity index (χ3v) is 1.93. The van der Waals surface area contributed by atoms with E-state index in [1.54, 1.807) is 0 Å². The summed E-state index contributed by atoms with van der Waals surface area (Å²) in [4.78, 5) is 22.9. The second-order valence-corrected chi connectivity index (χ2v) is 2.92. The summed E-state index contributed by atoms with van der Waals surface area (Å²) in [6.45, 7) is -0.0991. The zero-order chi connectivity index (χ0) is 10.7. The van der Waals surface area contributed by atoms with Crippen molar-refractivity contribution in [2.45, 2.75) is 6.42 Å².